The van der Waals surface area contributed by atoms with Gasteiger partial charge in [0.25, 0.3) is 0 Å². The maximum Gasteiger partial charge on any atom is 0.118 e. The standard InChI is InChI=1S/C21H27FN6/c1-14(25-17-6-8-28(9-7-17)13-21(2,3)22)20-18-10-15(16-11-23-24-12-16)4-5-19(18)26-27-20/h4-5,10-12,17,25H,1,6-9,13H2,2-3H3,(H,23,24)(H,26,27). The molecule has 0 radical (unpaired) electrons. The third-order valence-corrected chi connectivity index (χ3v) is 5.25. The average molecular weight is 382 g/mol. The van der Waals surface area contributed by atoms with Crippen molar-refractivity contribution in [2.24, 2.45) is 0 Å². The normalized spacial score (nSPS) is 16.5. The van der Waals surface area contributed by atoms with Crippen LogP contribution in [0.15, 0.2) is 37.2 Å². The molecular weight excluding hydrogens is 355 g/mol. The van der Waals surface area contributed by atoms with Crippen molar-refractivity contribution >= 4 is 16.6 Å². The zero-order chi connectivity index (χ0) is 19.7. The van der Waals surface area contributed by atoms with Crippen molar-refractivity contribution < 1.29 is 4.39 Å². The first kappa shape index (κ1) is 18.7. The van der Waals surface area contributed by atoms with Crippen molar-refractivity contribution in [1.82, 2.24) is 30.6 Å². The summed E-state index contributed by atoms with van der Waals surface area (Å²) in [6.07, 6.45) is 5.62. The van der Waals surface area contributed by atoms with Gasteiger partial charge < -0.3 is 10.2 Å². The monoisotopic (exact) mass is 382 g/mol. The van der Waals surface area contributed by atoms with Gasteiger partial charge >= 0.3 is 0 Å². The second-order valence-electron chi connectivity index (χ2n) is 8.21. The zero-order valence-corrected chi connectivity index (χ0v) is 16.4. The van der Waals surface area contributed by atoms with Crippen molar-refractivity contribution in [2.75, 3.05) is 19.6 Å². The van der Waals surface area contributed by atoms with E-state index < -0.39 is 5.67 Å². The van der Waals surface area contributed by atoms with Crippen molar-refractivity contribution in [3.8, 4) is 11.1 Å². The van der Waals surface area contributed by atoms with Gasteiger partial charge in [0.2, 0.25) is 0 Å². The first-order chi connectivity index (χ1) is 13.4. The summed E-state index contributed by atoms with van der Waals surface area (Å²) in [5.74, 6) is 0. The highest BCUT2D eigenvalue weighted by molar-refractivity contribution is 5.92. The molecule has 1 fully saturated rings. The highest BCUT2D eigenvalue weighted by Gasteiger charge is 2.25. The first-order valence-electron chi connectivity index (χ1n) is 9.73. The van der Waals surface area contributed by atoms with E-state index in [2.05, 4.69) is 43.3 Å². The van der Waals surface area contributed by atoms with Gasteiger partial charge in [0, 0.05) is 42.8 Å². The maximum atomic E-state index is 13.9. The summed E-state index contributed by atoms with van der Waals surface area (Å²) in [6, 6.07) is 6.51. The van der Waals surface area contributed by atoms with Crippen molar-refractivity contribution in [1.29, 1.82) is 0 Å². The quantitative estimate of drug-likeness (QED) is 0.607. The minimum absolute atomic E-state index is 0.329. The number of fused-ring (bicyclic) bond motifs is 1. The molecule has 0 spiro atoms. The fraction of sp³-hybridized carbons (Fsp3) is 0.429. The van der Waals surface area contributed by atoms with Gasteiger partial charge in [-0.15, -0.1) is 0 Å². The summed E-state index contributed by atoms with van der Waals surface area (Å²) < 4.78 is 13.9. The molecule has 0 unspecified atom stereocenters. The molecule has 28 heavy (non-hydrogen) atoms. The summed E-state index contributed by atoms with van der Waals surface area (Å²) in [7, 11) is 0. The minimum atomic E-state index is -1.15. The fourth-order valence-electron chi connectivity index (χ4n) is 3.91. The van der Waals surface area contributed by atoms with Crippen LogP contribution in [-0.4, -0.2) is 56.6 Å². The molecule has 1 aliphatic rings. The van der Waals surface area contributed by atoms with Gasteiger partial charge in [0.15, 0.2) is 0 Å². The lowest BCUT2D eigenvalue weighted by atomic mass is 10.0. The number of hydrogen-bond donors (Lipinski definition) is 3. The van der Waals surface area contributed by atoms with E-state index in [0.717, 1.165) is 59.4 Å². The van der Waals surface area contributed by atoms with Crippen LogP contribution < -0.4 is 5.32 Å². The molecule has 0 atom stereocenters. The van der Waals surface area contributed by atoms with E-state index in [1.165, 1.54) is 0 Å². The van der Waals surface area contributed by atoms with Gasteiger partial charge in [-0.25, -0.2) is 4.39 Å². The summed E-state index contributed by atoms with van der Waals surface area (Å²) in [4.78, 5) is 2.20. The lowest BCUT2D eigenvalue weighted by Gasteiger charge is -2.35. The summed E-state index contributed by atoms with van der Waals surface area (Å²) in [5.41, 5.74) is 3.61. The van der Waals surface area contributed by atoms with Gasteiger partial charge in [-0.2, -0.15) is 10.2 Å². The van der Waals surface area contributed by atoms with Crippen molar-refractivity contribution in [2.45, 2.75) is 38.4 Å². The van der Waals surface area contributed by atoms with Gasteiger partial charge in [-0.05, 0) is 44.4 Å². The Morgan fingerprint density at radius 3 is 2.79 bits per heavy atom. The highest BCUT2D eigenvalue weighted by Crippen LogP contribution is 2.27. The number of nitrogens with zero attached hydrogens (tertiary/aromatic N) is 3. The molecule has 2 aromatic heterocycles. The Bertz CT molecular complexity index is 945. The molecule has 6 nitrogen and oxygen atoms in total. The second-order valence-corrected chi connectivity index (χ2v) is 8.21. The number of aromatic amines is 2. The third kappa shape index (κ3) is 4.09. The molecular formula is C21H27FN6. The Morgan fingerprint density at radius 2 is 2.11 bits per heavy atom. The van der Waals surface area contributed by atoms with Crippen LogP contribution in [-0.2, 0) is 0 Å². The van der Waals surface area contributed by atoms with Gasteiger partial charge in [0.1, 0.15) is 11.4 Å². The zero-order valence-electron chi connectivity index (χ0n) is 16.4. The summed E-state index contributed by atoms with van der Waals surface area (Å²) in [5, 5.41) is 19.0. The number of rotatable bonds is 6. The van der Waals surface area contributed by atoms with E-state index in [1.807, 2.05) is 18.3 Å². The Kier molecular flexibility index (Phi) is 4.93. The van der Waals surface area contributed by atoms with E-state index in [-0.39, 0.29) is 0 Å². The number of H-pyrrole nitrogens is 2. The van der Waals surface area contributed by atoms with Crippen LogP contribution in [0.25, 0.3) is 27.7 Å². The minimum Gasteiger partial charge on any atom is -0.381 e. The molecule has 0 amide bonds. The van der Waals surface area contributed by atoms with Crippen molar-refractivity contribution in [3.05, 3.63) is 42.9 Å². The molecule has 0 bridgehead atoms. The Hall–Kier alpha value is -2.67. The van der Waals surface area contributed by atoms with Crippen LogP contribution in [0.5, 0.6) is 0 Å². The number of benzene rings is 1. The van der Waals surface area contributed by atoms with Gasteiger partial charge in [-0.1, -0.05) is 12.6 Å². The molecule has 1 aliphatic heterocycles. The molecule has 0 saturated carbocycles. The smallest absolute Gasteiger partial charge is 0.118 e. The largest absolute Gasteiger partial charge is 0.381 e. The van der Waals surface area contributed by atoms with E-state index in [1.54, 1.807) is 20.0 Å². The molecule has 1 saturated heterocycles. The Morgan fingerprint density at radius 1 is 1.32 bits per heavy atom. The van der Waals surface area contributed by atoms with Crippen LogP contribution in [0.1, 0.15) is 32.4 Å². The number of hydrogen-bond acceptors (Lipinski definition) is 4. The Labute approximate surface area is 164 Å². The molecule has 0 aliphatic carbocycles. The maximum absolute atomic E-state index is 13.9. The topological polar surface area (TPSA) is 72.6 Å². The van der Waals surface area contributed by atoms with Gasteiger partial charge in [0.05, 0.1) is 17.4 Å². The van der Waals surface area contributed by atoms with Crippen LogP contribution in [0.4, 0.5) is 4.39 Å². The summed E-state index contributed by atoms with van der Waals surface area (Å²) in [6.45, 7) is 9.78. The molecule has 4 rings (SSSR count). The number of aromatic nitrogens is 4. The van der Waals surface area contributed by atoms with Crippen LogP contribution in [0, 0.1) is 0 Å². The predicted octanol–water partition coefficient (Wildman–Crippen LogP) is 3.73. The molecule has 3 aromatic rings. The highest BCUT2D eigenvalue weighted by atomic mass is 19.1. The third-order valence-electron chi connectivity index (χ3n) is 5.25. The molecule has 3 heterocycles. The number of piperidine rings is 1. The van der Waals surface area contributed by atoms with Gasteiger partial charge in [-0.3, -0.25) is 10.2 Å². The lowest BCUT2D eigenvalue weighted by molar-refractivity contribution is 0.104. The van der Waals surface area contributed by atoms with E-state index >= 15 is 0 Å². The van der Waals surface area contributed by atoms with E-state index in [9.17, 15) is 4.39 Å². The molecule has 1 aromatic carbocycles. The number of nitrogens with one attached hydrogen (secondary N) is 3. The number of alkyl halides is 1. The molecule has 7 heteroatoms. The van der Waals surface area contributed by atoms with Crippen LogP contribution >= 0.6 is 0 Å². The predicted molar refractivity (Wildman–Crippen MR) is 110 cm³/mol. The fourth-order valence-corrected chi connectivity index (χ4v) is 3.91. The SMILES string of the molecule is C=C(NC1CCN(CC(C)(C)F)CC1)c1n[nH]c2ccc(-c3cn[nH]c3)cc12. The van der Waals surface area contributed by atoms with Crippen LogP contribution in [0.3, 0.4) is 0 Å². The van der Waals surface area contributed by atoms with Crippen LogP contribution in [0.2, 0.25) is 0 Å². The number of halogens is 1. The first-order valence-corrected chi connectivity index (χ1v) is 9.73. The van der Waals surface area contributed by atoms with E-state index in [4.69, 9.17) is 0 Å². The molecule has 148 valence electrons. The summed E-state index contributed by atoms with van der Waals surface area (Å²) >= 11 is 0. The van der Waals surface area contributed by atoms with E-state index in [0.29, 0.717) is 12.6 Å². The molecule has 3 N–H and O–H groups in total. The lowest BCUT2D eigenvalue weighted by Crippen LogP contribution is -2.45. The van der Waals surface area contributed by atoms with Crippen molar-refractivity contribution in [3.63, 3.8) is 0 Å². The average Bonchev–Trinajstić information content (AvgIpc) is 3.31. The second kappa shape index (κ2) is 7.39. The number of likely N-dealkylation sites (tertiary alicyclic amines) is 1. The Balaban J connectivity index is 1.44.